The highest BCUT2D eigenvalue weighted by Gasteiger charge is 2.31. The monoisotopic (exact) mass is 568 g/mol. The molecule has 0 radical (unpaired) electrons. The number of hydrogen-bond donors (Lipinski definition) is 3. The van der Waals surface area contributed by atoms with E-state index in [-0.39, 0.29) is 19.3 Å². The Morgan fingerprint density at radius 3 is 1.77 bits per heavy atom. The molecule has 4 N–H and O–H groups in total. The average molecular weight is 569 g/mol. The van der Waals surface area contributed by atoms with Crippen molar-refractivity contribution in [3.63, 3.8) is 0 Å². The third-order valence-corrected chi connectivity index (χ3v) is 4.98. The minimum absolute atomic E-state index is 0.0446. The van der Waals surface area contributed by atoms with Crippen LogP contribution < -0.4 is 16.4 Å². The molecule has 2 amide bonds. The molecule has 0 saturated carbocycles. The van der Waals surface area contributed by atoms with Gasteiger partial charge >= 0.3 is 23.9 Å². The second-order valence-electron chi connectivity index (χ2n) is 12.6. The van der Waals surface area contributed by atoms with Crippen LogP contribution >= 0.6 is 0 Å². The lowest BCUT2D eigenvalue weighted by atomic mass is 10.1. The Bertz CT molecular complexity index is 989. The van der Waals surface area contributed by atoms with Gasteiger partial charge in [-0.1, -0.05) is 5.21 Å². The first-order valence-electron chi connectivity index (χ1n) is 13.6. The van der Waals surface area contributed by atoms with Crippen LogP contribution in [0.25, 0.3) is 0 Å². The van der Waals surface area contributed by atoms with Crippen molar-refractivity contribution in [2.75, 3.05) is 0 Å². The molecule has 2 atom stereocenters. The Morgan fingerprint density at radius 2 is 1.32 bits per heavy atom. The molecule has 13 nitrogen and oxygen atoms in total. The van der Waals surface area contributed by atoms with E-state index >= 15 is 0 Å². The van der Waals surface area contributed by atoms with E-state index in [1.165, 1.54) is 0 Å². The number of unbranched alkanes of at least 4 members (excludes halogenated alkanes) is 1. The predicted octanol–water partition coefficient (Wildman–Crippen LogP) is 2.75. The number of urea groups is 1. The summed E-state index contributed by atoms with van der Waals surface area (Å²) in [6.07, 6.45) is 3.10. The van der Waals surface area contributed by atoms with Crippen LogP contribution in [0.1, 0.15) is 100 Å². The van der Waals surface area contributed by atoms with Gasteiger partial charge in [0, 0.05) is 25.7 Å². The molecule has 13 heteroatoms. The summed E-state index contributed by atoms with van der Waals surface area (Å²) in [7, 11) is 0. The van der Waals surface area contributed by atoms with E-state index in [2.05, 4.69) is 20.9 Å². The van der Waals surface area contributed by atoms with Gasteiger partial charge in [-0.25, -0.2) is 14.4 Å². The van der Waals surface area contributed by atoms with Gasteiger partial charge in [-0.15, -0.1) is 5.10 Å². The van der Waals surface area contributed by atoms with Crippen molar-refractivity contribution >= 4 is 23.9 Å². The number of carbonyl (C=O) groups excluding carboxylic acids is 4. The molecule has 0 saturated heterocycles. The highest BCUT2D eigenvalue weighted by atomic mass is 16.6. The summed E-state index contributed by atoms with van der Waals surface area (Å²) in [5, 5.41) is 13.1. The van der Waals surface area contributed by atoms with E-state index in [0.717, 1.165) is 0 Å². The van der Waals surface area contributed by atoms with Gasteiger partial charge in [-0.2, -0.15) is 0 Å². The molecule has 2 unspecified atom stereocenters. The molecule has 0 aliphatic rings. The number of nitrogens with two attached hydrogens (primary N) is 1. The minimum atomic E-state index is -1.14. The van der Waals surface area contributed by atoms with Crippen LogP contribution in [0.4, 0.5) is 4.79 Å². The average Bonchev–Trinajstić information content (AvgIpc) is 3.23. The van der Waals surface area contributed by atoms with Gasteiger partial charge < -0.3 is 30.6 Å². The Balaban J connectivity index is 2.89. The van der Waals surface area contributed by atoms with Crippen LogP contribution in [-0.2, 0) is 41.7 Å². The van der Waals surface area contributed by atoms with E-state index in [1.54, 1.807) is 73.2 Å². The van der Waals surface area contributed by atoms with E-state index in [9.17, 15) is 19.2 Å². The molecule has 1 rings (SSSR count). The topological polar surface area (TPSA) is 177 Å². The Morgan fingerprint density at radius 1 is 0.825 bits per heavy atom. The first-order valence-corrected chi connectivity index (χ1v) is 13.6. The van der Waals surface area contributed by atoms with Gasteiger partial charge in [-0.05, 0) is 88.0 Å². The number of carbonyl (C=O) groups is 4. The van der Waals surface area contributed by atoms with Crippen molar-refractivity contribution in [1.82, 2.24) is 25.6 Å². The van der Waals surface area contributed by atoms with Crippen molar-refractivity contribution in [2.45, 2.75) is 136 Å². The third kappa shape index (κ3) is 15.4. The smallest absolute Gasteiger partial charge is 0.329 e. The van der Waals surface area contributed by atoms with E-state index in [4.69, 9.17) is 19.9 Å². The van der Waals surface area contributed by atoms with E-state index < -0.39 is 52.8 Å². The molecule has 0 aromatic carbocycles. The normalized spacial score (nSPS) is 13.7. The van der Waals surface area contributed by atoms with E-state index in [0.29, 0.717) is 31.6 Å². The quantitative estimate of drug-likeness (QED) is 0.182. The second-order valence-corrected chi connectivity index (χ2v) is 12.6. The molecule has 0 fully saturated rings. The number of amides is 2. The largest absolute Gasteiger partial charge is 0.460 e. The maximum atomic E-state index is 13.0. The van der Waals surface area contributed by atoms with Gasteiger partial charge in [0.1, 0.15) is 28.9 Å². The molecule has 0 bridgehead atoms. The first-order chi connectivity index (χ1) is 18.3. The SMILES string of the molecule is CC(C)(C)OC(=O)CCC(NC(=O)NC(CCCCn1cc(CN)nn1)C(=O)OC(C)(C)C)C(=O)OC(C)(C)C. The summed E-state index contributed by atoms with van der Waals surface area (Å²) >= 11 is 0. The highest BCUT2D eigenvalue weighted by Crippen LogP contribution is 2.15. The molecule has 0 spiro atoms. The van der Waals surface area contributed by atoms with Crippen molar-refractivity contribution < 1.29 is 33.4 Å². The zero-order valence-corrected chi connectivity index (χ0v) is 25.5. The second kappa shape index (κ2) is 15.0. The lowest BCUT2D eigenvalue weighted by molar-refractivity contribution is -0.159. The fraction of sp³-hybridized carbons (Fsp3) is 0.778. The van der Waals surface area contributed by atoms with Crippen LogP contribution in [-0.4, -0.2) is 67.8 Å². The van der Waals surface area contributed by atoms with E-state index in [1.807, 2.05) is 0 Å². The summed E-state index contributed by atoms with van der Waals surface area (Å²) in [5.74, 6) is -1.82. The Labute approximate surface area is 237 Å². The molecule has 1 aromatic rings. The van der Waals surface area contributed by atoms with Crippen LogP contribution in [0.2, 0.25) is 0 Å². The molecular weight excluding hydrogens is 520 g/mol. The van der Waals surface area contributed by atoms with Crippen molar-refractivity contribution in [2.24, 2.45) is 5.73 Å². The summed E-state index contributed by atoms with van der Waals surface area (Å²) in [5.41, 5.74) is 3.97. The molecule has 1 aromatic heterocycles. The van der Waals surface area contributed by atoms with Crippen molar-refractivity contribution in [3.05, 3.63) is 11.9 Å². The number of aromatic nitrogens is 3. The Kier molecular flexibility index (Phi) is 13.0. The van der Waals surface area contributed by atoms with Crippen LogP contribution in [0.3, 0.4) is 0 Å². The lowest BCUT2D eigenvalue weighted by Crippen LogP contribution is -2.53. The van der Waals surface area contributed by atoms with Gasteiger partial charge in [0.2, 0.25) is 0 Å². The fourth-order valence-electron chi connectivity index (χ4n) is 3.42. The lowest BCUT2D eigenvalue weighted by Gasteiger charge is -2.27. The molecular formula is C27H48N6O7. The van der Waals surface area contributed by atoms with Crippen LogP contribution in [0.15, 0.2) is 6.20 Å². The number of esters is 3. The molecule has 40 heavy (non-hydrogen) atoms. The van der Waals surface area contributed by atoms with Gasteiger partial charge in [0.25, 0.3) is 0 Å². The summed E-state index contributed by atoms with van der Waals surface area (Å²) < 4.78 is 17.9. The summed E-state index contributed by atoms with van der Waals surface area (Å²) in [6.45, 7) is 16.4. The standard InChI is InChI=1S/C27H48N6O7/c1-25(2,3)38-21(34)14-13-20(23(36)40-27(7,8)9)30-24(37)29-19(22(35)39-26(4,5)6)12-10-11-15-33-17-18(16-28)31-32-33/h17,19-20H,10-16,28H2,1-9H3,(H2,29,30,37). The predicted molar refractivity (Wildman–Crippen MR) is 148 cm³/mol. The maximum Gasteiger partial charge on any atom is 0.329 e. The summed E-state index contributed by atoms with van der Waals surface area (Å²) in [4.78, 5) is 51.0. The van der Waals surface area contributed by atoms with Crippen molar-refractivity contribution in [3.8, 4) is 0 Å². The Hall–Kier alpha value is -3.22. The molecule has 1 heterocycles. The van der Waals surface area contributed by atoms with Crippen LogP contribution in [0.5, 0.6) is 0 Å². The number of ether oxygens (including phenoxy) is 3. The van der Waals surface area contributed by atoms with Gasteiger partial charge in [-0.3, -0.25) is 9.48 Å². The molecule has 228 valence electrons. The van der Waals surface area contributed by atoms with Crippen molar-refractivity contribution in [1.29, 1.82) is 0 Å². The molecule has 0 aliphatic heterocycles. The zero-order valence-electron chi connectivity index (χ0n) is 25.5. The zero-order chi connectivity index (χ0) is 30.7. The number of rotatable bonds is 13. The van der Waals surface area contributed by atoms with Crippen LogP contribution in [0, 0.1) is 0 Å². The third-order valence-electron chi connectivity index (χ3n) is 4.98. The van der Waals surface area contributed by atoms with Gasteiger partial charge in [0.05, 0.1) is 5.69 Å². The highest BCUT2D eigenvalue weighted by molar-refractivity contribution is 5.87. The minimum Gasteiger partial charge on any atom is -0.460 e. The van der Waals surface area contributed by atoms with Gasteiger partial charge in [0.15, 0.2) is 0 Å². The number of nitrogens with zero attached hydrogens (tertiary/aromatic N) is 3. The molecule has 0 aliphatic carbocycles. The summed E-state index contributed by atoms with van der Waals surface area (Å²) in [6, 6.07) is -2.88. The number of aryl methyl sites for hydroxylation is 1. The fourth-order valence-corrected chi connectivity index (χ4v) is 3.42. The number of hydrogen-bond acceptors (Lipinski definition) is 10. The number of nitrogens with one attached hydrogen (secondary N) is 2. The first kappa shape index (κ1) is 34.8. The maximum absolute atomic E-state index is 13.0.